The van der Waals surface area contributed by atoms with Crippen molar-refractivity contribution in [3.8, 4) is 5.88 Å². The Hall–Kier alpha value is -1.56. The predicted octanol–water partition coefficient (Wildman–Crippen LogP) is 0.683. The van der Waals surface area contributed by atoms with Crippen LogP contribution in [-0.2, 0) is 4.74 Å². The summed E-state index contributed by atoms with van der Waals surface area (Å²) in [6.45, 7) is 4.47. The highest BCUT2D eigenvalue weighted by atomic mass is 16.5. The normalized spacial score (nSPS) is 20.4. The number of morpholine rings is 1. The predicted molar refractivity (Wildman–Crippen MR) is 65.2 cm³/mol. The van der Waals surface area contributed by atoms with Gasteiger partial charge in [-0.3, -0.25) is 0 Å². The van der Waals surface area contributed by atoms with Gasteiger partial charge in [0.25, 0.3) is 0 Å². The molecule has 1 atom stereocenters. The van der Waals surface area contributed by atoms with Gasteiger partial charge in [0.2, 0.25) is 11.8 Å². The summed E-state index contributed by atoms with van der Waals surface area (Å²) < 4.78 is 10.7. The lowest BCUT2D eigenvalue weighted by Crippen LogP contribution is -2.42. The molecule has 6 heteroatoms. The lowest BCUT2D eigenvalue weighted by Gasteiger charge is -2.33. The lowest BCUT2D eigenvalue weighted by molar-refractivity contribution is 0.0381. The average Bonchev–Trinajstić information content (AvgIpc) is 2.38. The van der Waals surface area contributed by atoms with Crippen molar-refractivity contribution in [1.29, 1.82) is 0 Å². The first-order valence-electron chi connectivity index (χ1n) is 5.78. The summed E-state index contributed by atoms with van der Waals surface area (Å²) in [5.74, 6) is 1.53. The van der Waals surface area contributed by atoms with Gasteiger partial charge in [-0.1, -0.05) is 6.92 Å². The Labute approximate surface area is 101 Å². The van der Waals surface area contributed by atoms with Gasteiger partial charge in [-0.15, -0.1) is 0 Å². The maximum atomic E-state index is 5.65. The maximum Gasteiger partial charge on any atom is 0.225 e. The smallest absolute Gasteiger partial charge is 0.225 e. The van der Waals surface area contributed by atoms with Gasteiger partial charge < -0.3 is 20.1 Å². The highest BCUT2D eigenvalue weighted by Gasteiger charge is 2.21. The first-order valence-corrected chi connectivity index (χ1v) is 5.78. The molecule has 1 aromatic heterocycles. The second kappa shape index (κ2) is 5.18. The summed E-state index contributed by atoms with van der Waals surface area (Å²) in [5, 5.41) is 0. The van der Waals surface area contributed by atoms with Gasteiger partial charge in [0.1, 0.15) is 5.82 Å². The van der Waals surface area contributed by atoms with E-state index in [1.165, 1.54) is 0 Å². The zero-order chi connectivity index (χ0) is 12.3. The molecular formula is C11H18N4O2. The third kappa shape index (κ3) is 2.76. The second-order valence-corrected chi connectivity index (χ2v) is 3.97. The molecule has 0 bridgehead atoms. The van der Waals surface area contributed by atoms with Crippen LogP contribution in [0.15, 0.2) is 6.07 Å². The van der Waals surface area contributed by atoms with E-state index in [0.29, 0.717) is 12.5 Å². The maximum absolute atomic E-state index is 5.65. The molecule has 1 unspecified atom stereocenters. The summed E-state index contributed by atoms with van der Waals surface area (Å²) in [6.07, 6.45) is 1.25. The van der Waals surface area contributed by atoms with Gasteiger partial charge in [-0.25, -0.2) is 0 Å². The number of hydrogen-bond acceptors (Lipinski definition) is 6. The molecule has 0 aromatic carbocycles. The van der Waals surface area contributed by atoms with Gasteiger partial charge in [-0.2, -0.15) is 9.97 Å². The Morgan fingerprint density at radius 1 is 1.59 bits per heavy atom. The highest BCUT2D eigenvalue weighted by Crippen LogP contribution is 2.21. The Morgan fingerprint density at radius 2 is 2.41 bits per heavy atom. The van der Waals surface area contributed by atoms with Crippen LogP contribution in [0.3, 0.4) is 0 Å². The molecule has 0 radical (unpaired) electrons. The van der Waals surface area contributed by atoms with E-state index in [1.807, 2.05) is 0 Å². The van der Waals surface area contributed by atoms with Crippen LogP contribution in [0.4, 0.5) is 11.8 Å². The van der Waals surface area contributed by atoms with E-state index in [0.717, 1.165) is 25.3 Å². The SMILES string of the molecule is CCC1CN(c2cc(OC)nc(N)n2)CCO1. The van der Waals surface area contributed by atoms with Crippen molar-refractivity contribution in [1.82, 2.24) is 9.97 Å². The molecule has 1 aromatic rings. The molecular weight excluding hydrogens is 220 g/mol. The quantitative estimate of drug-likeness (QED) is 0.835. The van der Waals surface area contributed by atoms with E-state index in [2.05, 4.69) is 21.8 Å². The largest absolute Gasteiger partial charge is 0.481 e. The number of ether oxygens (including phenoxy) is 2. The van der Waals surface area contributed by atoms with E-state index in [9.17, 15) is 0 Å². The summed E-state index contributed by atoms with van der Waals surface area (Å²) in [4.78, 5) is 10.4. The van der Waals surface area contributed by atoms with Crippen molar-refractivity contribution in [3.05, 3.63) is 6.07 Å². The number of nitrogens with two attached hydrogens (primary N) is 1. The van der Waals surface area contributed by atoms with Crippen molar-refractivity contribution in [2.45, 2.75) is 19.4 Å². The minimum atomic E-state index is 0.235. The molecule has 0 amide bonds. The number of nitrogens with zero attached hydrogens (tertiary/aromatic N) is 3. The molecule has 94 valence electrons. The van der Waals surface area contributed by atoms with Crippen LogP contribution in [0.1, 0.15) is 13.3 Å². The molecule has 1 aliphatic rings. The van der Waals surface area contributed by atoms with E-state index >= 15 is 0 Å². The van der Waals surface area contributed by atoms with Crippen molar-refractivity contribution >= 4 is 11.8 Å². The van der Waals surface area contributed by atoms with Crippen LogP contribution >= 0.6 is 0 Å². The Kier molecular flexibility index (Phi) is 3.63. The molecule has 1 aliphatic heterocycles. The van der Waals surface area contributed by atoms with E-state index in [1.54, 1.807) is 13.2 Å². The van der Waals surface area contributed by atoms with Crippen LogP contribution < -0.4 is 15.4 Å². The molecule has 0 aliphatic carbocycles. The molecule has 6 nitrogen and oxygen atoms in total. The van der Waals surface area contributed by atoms with Crippen molar-refractivity contribution < 1.29 is 9.47 Å². The summed E-state index contributed by atoms with van der Waals surface area (Å²) >= 11 is 0. The average molecular weight is 238 g/mol. The summed E-state index contributed by atoms with van der Waals surface area (Å²) in [6, 6.07) is 1.80. The number of anilines is 2. The van der Waals surface area contributed by atoms with Gasteiger partial charge in [-0.05, 0) is 6.42 Å². The number of aromatic nitrogens is 2. The molecule has 0 spiro atoms. The van der Waals surface area contributed by atoms with Gasteiger partial charge >= 0.3 is 0 Å². The fourth-order valence-corrected chi connectivity index (χ4v) is 1.87. The molecule has 1 saturated heterocycles. The van der Waals surface area contributed by atoms with Crippen molar-refractivity contribution in [2.75, 3.05) is 37.4 Å². The van der Waals surface area contributed by atoms with Gasteiger partial charge in [0, 0.05) is 19.2 Å². The van der Waals surface area contributed by atoms with Crippen LogP contribution in [0, 0.1) is 0 Å². The van der Waals surface area contributed by atoms with Crippen LogP contribution in [-0.4, -0.2) is 42.9 Å². The fraction of sp³-hybridized carbons (Fsp3) is 0.636. The van der Waals surface area contributed by atoms with Gasteiger partial charge in [0.05, 0.1) is 19.8 Å². The molecule has 2 rings (SSSR count). The first-order chi connectivity index (χ1) is 8.22. The van der Waals surface area contributed by atoms with Crippen molar-refractivity contribution in [2.24, 2.45) is 0 Å². The zero-order valence-corrected chi connectivity index (χ0v) is 10.2. The first kappa shape index (κ1) is 11.9. The Balaban J connectivity index is 2.18. The summed E-state index contributed by atoms with van der Waals surface area (Å²) in [5.41, 5.74) is 5.65. The van der Waals surface area contributed by atoms with Crippen LogP contribution in [0.5, 0.6) is 5.88 Å². The number of rotatable bonds is 3. The third-order valence-corrected chi connectivity index (χ3v) is 2.83. The Morgan fingerprint density at radius 3 is 3.12 bits per heavy atom. The molecule has 0 saturated carbocycles. The molecule has 17 heavy (non-hydrogen) atoms. The van der Waals surface area contributed by atoms with Crippen LogP contribution in [0.25, 0.3) is 0 Å². The summed E-state index contributed by atoms with van der Waals surface area (Å²) in [7, 11) is 1.57. The monoisotopic (exact) mass is 238 g/mol. The standard InChI is InChI=1S/C11H18N4O2/c1-3-8-7-15(4-5-17-8)9-6-10(16-2)14-11(12)13-9/h6,8H,3-5,7H2,1-2H3,(H2,12,13,14). The zero-order valence-electron chi connectivity index (χ0n) is 10.2. The minimum absolute atomic E-state index is 0.235. The van der Waals surface area contributed by atoms with Gasteiger partial charge in [0.15, 0.2) is 0 Å². The number of methoxy groups -OCH3 is 1. The highest BCUT2D eigenvalue weighted by molar-refractivity contribution is 5.45. The minimum Gasteiger partial charge on any atom is -0.481 e. The number of nitrogen functional groups attached to an aromatic ring is 1. The molecule has 2 N–H and O–H groups in total. The second-order valence-electron chi connectivity index (χ2n) is 3.97. The topological polar surface area (TPSA) is 73.5 Å². The third-order valence-electron chi connectivity index (χ3n) is 2.83. The molecule has 2 heterocycles. The van der Waals surface area contributed by atoms with E-state index in [-0.39, 0.29) is 12.1 Å². The van der Waals surface area contributed by atoms with Crippen molar-refractivity contribution in [3.63, 3.8) is 0 Å². The lowest BCUT2D eigenvalue weighted by atomic mass is 10.2. The fourth-order valence-electron chi connectivity index (χ4n) is 1.87. The van der Waals surface area contributed by atoms with E-state index < -0.39 is 0 Å². The van der Waals surface area contributed by atoms with Crippen LogP contribution in [0.2, 0.25) is 0 Å². The Bertz CT molecular complexity index is 386. The number of hydrogen-bond donors (Lipinski definition) is 1. The molecule has 1 fully saturated rings. The van der Waals surface area contributed by atoms with E-state index in [4.69, 9.17) is 15.2 Å².